The Kier molecular flexibility index (Phi) is 7.31. The first-order chi connectivity index (χ1) is 15.5. The molecule has 6 nitrogen and oxygen atoms in total. The van der Waals surface area contributed by atoms with Crippen LogP contribution in [-0.4, -0.2) is 71.2 Å². The van der Waals surface area contributed by atoms with E-state index in [2.05, 4.69) is 78.4 Å². The average molecular weight is 437 g/mol. The summed E-state index contributed by atoms with van der Waals surface area (Å²) in [6.07, 6.45) is 5.56. The Morgan fingerprint density at radius 2 is 1.81 bits per heavy atom. The number of nitrogens with zero attached hydrogens (tertiary/aromatic N) is 6. The molecule has 0 saturated carbocycles. The molecule has 2 atom stereocenters. The van der Waals surface area contributed by atoms with Crippen LogP contribution in [0.3, 0.4) is 0 Å². The summed E-state index contributed by atoms with van der Waals surface area (Å²) < 4.78 is 2.27. The van der Waals surface area contributed by atoms with Crippen LogP contribution in [0.4, 0.5) is 5.82 Å². The van der Waals surface area contributed by atoms with Crippen molar-refractivity contribution in [3.8, 4) is 0 Å². The van der Waals surface area contributed by atoms with Crippen LogP contribution in [0.5, 0.6) is 0 Å². The molecule has 0 N–H and O–H groups in total. The highest BCUT2D eigenvalue weighted by Gasteiger charge is 2.34. The van der Waals surface area contributed by atoms with Gasteiger partial charge in [-0.1, -0.05) is 12.1 Å². The number of piperidine rings is 1. The molecule has 2 aliphatic rings. The quantitative estimate of drug-likeness (QED) is 0.720. The topological polar surface area (TPSA) is 39.9 Å². The van der Waals surface area contributed by atoms with Crippen LogP contribution >= 0.6 is 0 Å². The first-order valence-electron chi connectivity index (χ1n) is 12.2. The molecule has 2 fully saturated rings. The molecule has 6 heteroatoms. The first kappa shape index (κ1) is 23.0. The van der Waals surface area contributed by atoms with Crippen molar-refractivity contribution in [1.29, 1.82) is 0 Å². The standard InChI is InChI=1S/C26H40N6/c1-20(2)32-22(10-6-11-23(32)26-21(3)9-8-14-27-26)19-28-24-12-7-13-25(30(24)5)31-17-15-29(4)16-18-31/h7-9,12-14,20,22-23H,6,10-11,15-19H2,1-5H3/t22-,23+/m1/s1. The smallest absolute Gasteiger partial charge is 0.128 e. The molecule has 2 saturated heterocycles. The van der Waals surface area contributed by atoms with E-state index in [-0.39, 0.29) is 0 Å². The van der Waals surface area contributed by atoms with Crippen molar-refractivity contribution in [1.82, 2.24) is 19.4 Å². The van der Waals surface area contributed by atoms with Crippen molar-refractivity contribution in [3.05, 3.63) is 53.3 Å². The van der Waals surface area contributed by atoms with Crippen LogP contribution in [0.25, 0.3) is 0 Å². The van der Waals surface area contributed by atoms with Crippen molar-refractivity contribution in [2.75, 3.05) is 44.7 Å². The fourth-order valence-corrected chi connectivity index (χ4v) is 5.46. The molecule has 0 bridgehead atoms. The van der Waals surface area contributed by atoms with E-state index < -0.39 is 0 Å². The molecule has 0 spiro atoms. The van der Waals surface area contributed by atoms with Crippen LogP contribution in [0.1, 0.15) is 50.4 Å². The van der Waals surface area contributed by atoms with Crippen LogP contribution in [-0.2, 0) is 7.05 Å². The molecule has 0 radical (unpaired) electrons. The van der Waals surface area contributed by atoms with Gasteiger partial charge < -0.3 is 14.4 Å². The molecule has 0 amide bonds. The van der Waals surface area contributed by atoms with E-state index in [1.807, 2.05) is 12.3 Å². The van der Waals surface area contributed by atoms with Gasteiger partial charge in [0.1, 0.15) is 11.3 Å². The van der Waals surface area contributed by atoms with Crippen LogP contribution in [0.15, 0.2) is 41.5 Å². The zero-order valence-electron chi connectivity index (χ0n) is 20.5. The van der Waals surface area contributed by atoms with E-state index in [9.17, 15) is 0 Å². The lowest BCUT2D eigenvalue weighted by Crippen LogP contribution is -2.48. The number of aryl methyl sites for hydroxylation is 1. The minimum Gasteiger partial charge on any atom is -0.355 e. The summed E-state index contributed by atoms with van der Waals surface area (Å²) >= 11 is 0. The molecule has 2 aliphatic heterocycles. The summed E-state index contributed by atoms with van der Waals surface area (Å²) in [6, 6.07) is 12.1. The molecule has 0 aromatic carbocycles. The van der Waals surface area contributed by atoms with Gasteiger partial charge in [-0.05, 0) is 70.8 Å². The van der Waals surface area contributed by atoms with Gasteiger partial charge in [0.25, 0.3) is 0 Å². The van der Waals surface area contributed by atoms with Gasteiger partial charge in [0.15, 0.2) is 0 Å². The number of aromatic nitrogens is 2. The Balaban J connectivity index is 1.57. The monoisotopic (exact) mass is 436 g/mol. The molecular weight excluding hydrogens is 396 g/mol. The minimum absolute atomic E-state index is 0.385. The summed E-state index contributed by atoms with van der Waals surface area (Å²) in [7, 11) is 4.36. The number of piperazine rings is 1. The summed E-state index contributed by atoms with van der Waals surface area (Å²) in [5.74, 6) is 1.27. The summed E-state index contributed by atoms with van der Waals surface area (Å²) in [6.45, 7) is 12.0. The highest BCUT2D eigenvalue weighted by molar-refractivity contribution is 5.39. The zero-order chi connectivity index (χ0) is 22.7. The Morgan fingerprint density at radius 1 is 1.03 bits per heavy atom. The van der Waals surface area contributed by atoms with Crippen molar-refractivity contribution < 1.29 is 0 Å². The third kappa shape index (κ3) is 4.91. The van der Waals surface area contributed by atoms with Gasteiger partial charge >= 0.3 is 0 Å². The van der Waals surface area contributed by atoms with E-state index in [0.717, 1.165) is 38.2 Å². The highest BCUT2D eigenvalue weighted by Crippen LogP contribution is 2.36. The number of likely N-dealkylation sites (N-methyl/N-ethyl adjacent to an activating group) is 1. The van der Waals surface area contributed by atoms with Gasteiger partial charge in [0.05, 0.1) is 18.3 Å². The number of anilines is 1. The number of likely N-dealkylation sites (tertiary alicyclic amines) is 1. The van der Waals surface area contributed by atoms with Crippen molar-refractivity contribution in [2.24, 2.45) is 12.0 Å². The Bertz CT molecular complexity index is 957. The third-order valence-corrected chi connectivity index (χ3v) is 7.23. The third-order valence-electron chi connectivity index (χ3n) is 7.23. The van der Waals surface area contributed by atoms with E-state index in [4.69, 9.17) is 9.98 Å². The Hall–Kier alpha value is -2.18. The predicted octanol–water partition coefficient (Wildman–Crippen LogP) is 3.39. The second-order valence-electron chi connectivity index (χ2n) is 9.78. The maximum absolute atomic E-state index is 5.15. The first-order valence-corrected chi connectivity index (χ1v) is 12.2. The highest BCUT2D eigenvalue weighted by atomic mass is 15.3. The maximum Gasteiger partial charge on any atom is 0.128 e. The number of pyridine rings is 2. The summed E-state index contributed by atoms with van der Waals surface area (Å²) in [5, 5.41) is 0. The SMILES string of the molecule is Cc1cccnc1[C@@H]1CCC[C@H](CN=c2cccc(N3CCN(C)CC3)n2C)N1C(C)C. The lowest BCUT2D eigenvalue weighted by molar-refractivity contribution is 0.0521. The summed E-state index contributed by atoms with van der Waals surface area (Å²) in [4.78, 5) is 17.5. The van der Waals surface area contributed by atoms with E-state index in [0.29, 0.717) is 18.1 Å². The van der Waals surface area contributed by atoms with Gasteiger partial charge in [0, 0.05) is 51.5 Å². The molecule has 174 valence electrons. The van der Waals surface area contributed by atoms with Gasteiger partial charge in [-0.15, -0.1) is 0 Å². The van der Waals surface area contributed by atoms with Crippen LogP contribution < -0.4 is 10.4 Å². The zero-order valence-corrected chi connectivity index (χ0v) is 20.5. The molecule has 4 heterocycles. The van der Waals surface area contributed by atoms with Crippen LogP contribution in [0, 0.1) is 6.92 Å². The van der Waals surface area contributed by atoms with Crippen molar-refractivity contribution in [3.63, 3.8) is 0 Å². The lowest BCUT2D eigenvalue weighted by Gasteiger charge is -2.44. The number of hydrogen-bond donors (Lipinski definition) is 0. The number of rotatable bonds is 5. The molecule has 0 aliphatic carbocycles. The summed E-state index contributed by atoms with van der Waals surface area (Å²) in [5.41, 5.74) is 3.61. The maximum atomic E-state index is 5.15. The fraction of sp³-hybridized carbons (Fsp3) is 0.615. The molecule has 4 rings (SSSR count). The molecule has 2 aromatic rings. The molecule has 2 aromatic heterocycles. The second kappa shape index (κ2) is 10.2. The molecule has 32 heavy (non-hydrogen) atoms. The Morgan fingerprint density at radius 3 is 2.53 bits per heavy atom. The van der Waals surface area contributed by atoms with E-state index in [1.165, 1.54) is 36.3 Å². The molecular formula is C26H40N6. The normalized spacial score (nSPS) is 23.8. The number of hydrogen-bond acceptors (Lipinski definition) is 5. The van der Waals surface area contributed by atoms with E-state index in [1.54, 1.807) is 0 Å². The van der Waals surface area contributed by atoms with Gasteiger partial charge in [0.2, 0.25) is 0 Å². The second-order valence-corrected chi connectivity index (χ2v) is 9.78. The van der Waals surface area contributed by atoms with Crippen molar-refractivity contribution >= 4 is 5.82 Å². The van der Waals surface area contributed by atoms with Crippen LogP contribution in [0.2, 0.25) is 0 Å². The van der Waals surface area contributed by atoms with Gasteiger partial charge in [-0.25, -0.2) is 0 Å². The lowest BCUT2D eigenvalue weighted by atomic mass is 9.90. The Labute approximate surface area is 193 Å². The molecule has 0 unspecified atom stereocenters. The largest absolute Gasteiger partial charge is 0.355 e. The predicted molar refractivity (Wildman–Crippen MR) is 132 cm³/mol. The van der Waals surface area contributed by atoms with Gasteiger partial charge in [-0.3, -0.25) is 14.9 Å². The van der Waals surface area contributed by atoms with E-state index >= 15 is 0 Å². The fourth-order valence-electron chi connectivity index (χ4n) is 5.46. The van der Waals surface area contributed by atoms with Crippen molar-refractivity contribution in [2.45, 2.75) is 58.2 Å². The minimum atomic E-state index is 0.385. The average Bonchev–Trinajstić information content (AvgIpc) is 2.79. The van der Waals surface area contributed by atoms with Gasteiger partial charge in [-0.2, -0.15) is 0 Å².